The Morgan fingerprint density at radius 1 is 1.16 bits per heavy atom. The zero-order valence-corrected chi connectivity index (χ0v) is 13.5. The number of fused-ring (bicyclic) bond motifs is 1. The molecule has 0 atom stereocenters. The van der Waals surface area contributed by atoms with Crippen molar-refractivity contribution in [2.24, 2.45) is 5.41 Å². The van der Waals surface area contributed by atoms with E-state index in [1.165, 1.54) is 6.20 Å². The van der Waals surface area contributed by atoms with Gasteiger partial charge in [-0.1, -0.05) is 45.0 Å². The maximum atomic E-state index is 12.5. The SMILES string of the molecule is CC(C)(C)CS(=O)(=O)c1cnc(Br)c2ccccc12. The third kappa shape index (κ3) is 3.15. The lowest BCUT2D eigenvalue weighted by Crippen LogP contribution is -2.21. The van der Waals surface area contributed by atoms with E-state index in [0.29, 0.717) is 14.9 Å². The predicted molar refractivity (Wildman–Crippen MR) is 81.0 cm³/mol. The molecule has 0 unspecified atom stereocenters. The molecule has 0 amide bonds. The Hall–Kier alpha value is -0.940. The molecule has 2 rings (SSSR count). The largest absolute Gasteiger partial charge is 0.247 e. The number of benzene rings is 1. The van der Waals surface area contributed by atoms with Crippen LogP contribution in [0.1, 0.15) is 20.8 Å². The van der Waals surface area contributed by atoms with Gasteiger partial charge in [0, 0.05) is 17.0 Å². The number of rotatable bonds is 2. The van der Waals surface area contributed by atoms with Gasteiger partial charge in [-0.2, -0.15) is 0 Å². The minimum Gasteiger partial charge on any atom is -0.247 e. The monoisotopic (exact) mass is 341 g/mol. The molecule has 19 heavy (non-hydrogen) atoms. The fourth-order valence-corrected chi connectivity index (χ4v) is 4.50. The highest BCUT2D eigenvalue weighted by Gasteiger charge is 2.25. The number of sulfone groups is 1. The molecule has 0 aliphatic carbocycles. The van der Waals surface area contributed by atoms with Gasteiger partial charge in [0.15, 0.2) is 9.84 Å². The van der Waals surface area contributed by atoms with Crippen LogP contribution in [0.5, 0.6) is 0 Å². The smallest absolute Gasteiger partial charge is 0.181 e. The van der Waals surface area contributed by atoms with Gasteiger partial charge in [0.05, 0.1) is 10.6 Å². The Balaban J connectivity index is 2.67. The second-order valence-electron chi connectivity index (χ2n) is 5.78. The van der Waals surface area contributed by atoms with Gasteiger partial charge >= 0.3 is 0 Å². The van der Waals surface area contributed by atoms with Gasteiger partial charge in [-0.15, -0.1) is 0 Å². The molecule has 0 saturated carbocycles. The van der Waals surface area contributed by atoms with Crippen molar-refractivity contribution < 1.29 is 8.42 Å². The Morgan fingerprint density at radius 3 is 2.32 bits per heavy atom. The molecule has 102 valence electrons. The molecule has 2 aromatic rings. The fourth-order valence-electron chi connectivity index (χ4n) is 2.03. The first-order valence-corrected chi connectivity index (χ1v) is 8.41. The van der Waals surface area contributed by atoms with E-state index in [1.807, 2.05) is 45.0 Å². The van der Waals surface area contributed by atoms with Gasteiger partial charge in [0.25, 0.3) is 0 Å². The normalized spacial score (nSPS) is 12.8. The van der Waals surface area contributed by atoms with Crippen LogP contribution in [0.15, 0.2) is 40.0 Å². The summed E-state index contributed by atoms with van der Waals surface area (Å²) in [5, 5.41) is 1.53. The Bertz CT molecular complexity index is 718. The molecule has 3 nitrogen and oxygen atoms in total. The lowest BCUT2D eigenvalue weighted by Gasteiger charge is -2.18. The molecule has 0 radical (unpaired) electrons. The van der Waals surface area contributed by atoms with Crippen LogP contribution in [0, 0.1) is 5.41 Å². The maximum absolute atomic E-state index is 12.5. The fraction of sp³-hybridized carbons (Fsp3) is 0.357. The minimum absolute atomic E-state index is 0.104. The van der Waals surface area contributed by atoms with Crippen molar-refractivity contribution in [1.29, 1.82) is 0 Å². The molecule has 0 saturated heterocycles. The highest BCUT2D eigenvalue weighted by molar-refractivity contribution is 9.10. The summed E-state index contributed by atoms with van der Waals surface area (Å²) in [6, 6.07) is 7.39. The molecule has 1 heterocycles. The van der Waals surface area contributed by atoms with Crippen molar-refractivity contribution in [3.63, 3.8) is 0 Å². The van der Waals surface area contributed by atoms with E-state index in [4.69, 9.17) is 0 Å². The quantitative estimate of drug-likeness (QED) is 0.780. The van der Waals surface area contributed by atoms with E-state index in [9.17, 15) is 8.42 Å². The Morgan fingerprint density at radius 2 is 1.74 bits per heavy atom. The van der Waals surface area contributed by atoms with Crippen LogP contribution in [0.2, 0.25) is 0 Å². The number of hydrogen-bond donors (Lipinski definition) is 0. The van der Waals surface area contributed by atoms with E-state index in [0.717, 1.165) is 5.39 Å². The van der Waals surface area contributed by atoms with Crippen LogP contribution in [0.25, 0.3) is 10.8 Å². The molecule has 1 aromatic carbocycles. The summed E-state index contributed by atoms with van der Waals surface area (Å²) < 4.78 is 25.7. The topological polar surface area (TPSA) is 47.0 Å². The summed E-state index contributed by atoms with van der Waals surface area (Å²) in [5.74, 6) is 0.104. The highest BCUT2D eigenvalue weighted by Crippen LogP contribution is 2.30. The first kappa shape index (κ1) is 14.5. The van der Waals surface area contributed by atoms with Crippen molar-refractivity contribution in [3.05, 3.63) is 35.1 Å². The Kier molecular flexibility index (Phi) is 3.71. The number of aromatic nitrogens is 1. The van der Waals surface area contributed by atoms with Gasteiger partial charge in [0.1, 0.15) is 4.60 Å². The van der Waals surface area contributed by atoms with Crippen molar-refractivity contribution in [1.82, 2.24) is 4.98 Å². The lowest BCUT2D eigenvalue weighted by atomic mass is 10.0. The third-order valence-corrected chi connectivity index (χ3v) is 5.54. The van der Waals surface area contributed by atoms with Crippen LogP contribution in [-0.2, 0) is 9.84 Å². The van der Waals surface area contributed by atoms with Gasteiger partial charge < -0.3 is 0 Å². The van der Waals surface area contributed by atoms with Crippen LogP contribution < -0.4 is 0 Å². The molecule has 0 spiro atoms. The predicted octanol–water partition coefficient (Wildman–Crippen LogP) is 3.82. The second-order valence-corrected chi connectivity index (χ2v) is 8.49. The molecule has 1 aromatic heterocycles. The Labute approximate surface area is 122 Å². The molecule has 0 aliphatic rings. The highest BCUT2D eigenvalue weighted by atomic mass is 79.9. The molecule has 0 aliphatic heterocycles. The van der Waals surface area contributed by atoms with Crippen LogP contribution >= 0.6 is 15.9 Å². The summed E-state index contributed by atoms with van der Waals surface area (Å²) in [4.78, 5) is 4.45. The molecular formula is C14H16BrNO2S. The van der Waals surface area contributed by atoms with E-state index in [1.54, 1.807) is 0 Å². The van der Waals surface area contributed by atoms with Crippen molar-refractivity contribution in [2.75, 3.05) is 5.75 Å². The van der Waals surface area contributed by atoms with Gasteiger partial charge in [-0.05, 0) is 21.3 Å². The average molecular weight is 342 g/mol. The standard InChI is InChI=1S/C14H16BrNO2S/c1-14(2,3)9-19(17,18)12-8-16-13(15)11-7-5-4-6-10(11)12/h4-8H,9H2,1-3H3. The molecule has 5 heteroatoms. The van der Waals surface area contributed by atoms with E-state index >= 15 is 0 Å². The molecule has 0 N–H and O–H groups in total. The number of nitrogens with zero attached hydrogens (tertiary/aromatic N) is 1. The number of hydrogen-bond acceptors (Lipinski definition) is 3. The van der Waals surface area contributed by atoms with Crippen molar-refractivity contribution >= 4 is 36.5 Å². The maximum Gasteiger partial charge on any atom is 0.181 e. The van der Waals surface area contributed by atoms with E-state index in [2.05, 4.69) is 20.9 Å². The second kappa shape index (κ2) is 4.87. The van der Waals surface area contributed by atoms with Crippen LogP contribution in [0.4, 0.5) is 0 Å². The molecule has 0 bridgehead atoms. The minimum atomic E-state index is -3.34. The summed E-state index contributed by atoms with van der Waals surface area (Å²) in [6.45, 7) is 5.75. The summed E-state index contributed by atoms with van der Waals surface area (Å²) in [7, 11) is -3.34. The van der Waals surface area contributed by atoms with E-state index in [-0.39, 0.29) is 11.2 Å². The lowest BCUT2D eigenvalue weighted by molar-refractivity contribution is 0.462. The van der Waals surface area contributed by atoms with Gasteiger partial charge in [-0.3, -0.25) is 0 Å². The summed E-state index contributed by atoms with van der Waals surface area (Å²) >= 11 is 3.35. The van der Waals surface area contributed by atoms with Crippen molar-refractivity contribution in [3.8, 4) is 0 Å². The zero-order valence-electron chi connectivity index (χ0n) is 11.1. The number of pyridine rings is 1. The van der Waals surface area contributed by atoms with Gasteiger partial charge in [-0.25, -0.2) is 13.4 Å². The number of halogens is 1. The first-order chi connectivity index (χ1) is 8.71. The van der Waals surface area contributed by atoms with Gasteiger partial charge in [0.2, 0.25) is 0 Å². The van der Waals surface area contributed by atoms with Crippen LogP contribution in [-0.4, -0.2) is 19.2 Å². The van der Waals surface area contributed by atoms with Crippen LogP contribution in [0.3, 0.4) is 0 Å². The zero-order chi connectivity index (χ0) is 14.3. The average Bonchev–Trinajstić information content (AvgIpc) is 2.26. The molecule has 0 fully saturated rings. The van der Waals surface area contributed by atoms with Crippen molar-refractivity contribution in [2.45, 2.75) is 25.7 Å². The summed E-state index contributed by atoms with van der Waals surface area (Å²) in [5.41, 5.74) is -0.285. The van der Waals surface area contributed by atoms with E-state index < -0.39 is 9.84 Å². The molecular weight excluding hydrogens is 326 g/mol. The third-order valence-electron chi connectivity index (χ3n) is 2.67. The summed E-state index contributed by atoms with van der Waals surface area (Å²) in [6.07, 6.45) is 1.44. The first-order valence-electron chi connectivity index (χ1n) is 5.97.